The predicted octanol–water partition coefficient (Wildman–Crippen LogP) is 4.98. The molecule has 4 nitrogen and oxygen atoms in total. The van der Waals surface area contributed by atoms with E-state index in [0.717, 1.165) is 28.3 Å². The molecule has 0 unspecified atom stereocenters. The lowest BCUT2D eigenvalue weighted by Crippen LogP contribution is -2.06. The van der Waals surface area contributed by atoms with E-state index in [1.54, 1.807) is 12.1 Å². The van der Waals surface area contributed by atoms with Crippen molar-refractivity contribution in [2.24, 2.45) is 0 Å². The van der Waals surface area contributed by atoms with Crippen molar-refractivity contribution in [3.63, 3.8) is 0 Å². The molecule has 0 aliphatic heterocycles. The number of carbonyl (C=O) groups excluding carboxylic acids is 1. The number of hydrogen-bond acceptors (Lipinski definition) is 3. The molecule has 0 saturated heterocycles. The fourth-order valence-electron chi connectivity index (χ4n) is 2.60. The van der Waals surface area contributed by atoms with E-state index in [-0.39, 0.29) is 11.7 Å². The second-order valence-corrected chi connectivity index (χ2v) is 6.13. The van der Waals surface area contributed by atoms with Gasteiger partial charge in [-0.1, -0.05) is 30.3 Å². The minimum absolute atomic E-state index is 0.0945. The molecule has 3 aromatic carbocycles. The molecule has 0 bridgehead atoms. The van der Waals surface area contributed by atoms with Gasteiger partial charge in [0.05, 0.1) is 0 Å². The van der Waals surface area contributed by atoms with E-state index in [1.807, 2.05) is 48.5 Å². The number of rotatable bonds is 7. The van der Waals surface area contributed by atoms with Gasteiger partial charge in [0, 0.05) is 30.4 Å². The van der Waals surface area contributed by atoms with Gasteiger partial charge >= 0.3 is 0 Å². The van der Waals surface area contributed by atoms with E-state index < -0.39 is 0 Å². The molecule has 0 spiro atoms. The van der Waals surface area contributed by atoms with Gasteiger partial charge in [0.15, 0.2) is 0 Å². The highest BCUT2D eigenvalue weighted by Gasteiger charge is 2.04. The first-order chi connectivity index (χ1) is 13.1. The number of amides is 1. The summed E-state index contributed by atoms with van der Waals surface area (Å²) in [5.74, 6) is 0.431. The van der Waals surface area contributed by atoms with Crippen molar-refractivity contribution in [2.45, 2.75) is 20.1 Å². The molecular formula is C22H21FN2O2. The highest BCUT2D eigenvalue weighted by molar-refractivity contribution is 5.88. The number of ether oxygens (including phenoxy) is 1. The van der Waals surface area contributed by atoms with Crippen LogP contribution >= 0.6 is 0 Å². The maximum atomic E-state index is 13.0. The average Bonchev–Trinajstić information content (AvgIpc) is 2.67. The molecule has 0 aliphatic carbocycles. The Hall–Kier alpha value is -3.34. The first-order valence-corrected chi connectivity index (χ1v) is 8.67. The maximum Gasteiger partial charge on any atom is 0.221 e. The topological polar surface area (TPSA) is 50.4 Å². The molecule has 3 rings (SSSR count). The number of carbonyl (C=O) groups is 1. The second-order valence-electron chi connectivity index (χ2n) is 6.13. The van der Waals surface area contributed by atoms with Crippen LogP contribution in [0.5, 0.6) is 5.75 Å². The van der Waals surface area contributed by atoms with Crippen LogP contribution in [0.3, 0.4) is 0 Å². The quantitative estimate of drug-likeness (QED) is 0.622. The van der Waals surface area contributed by atoms with E-state index in [1.165, 1.54) is 19.1 Å². The first kappa shape index (κ1) is 18.5. The molecule has 0 heterocycles. The zero-order valence-corrected chi connectivity index (χ0v) is 15.0. The monoisotopic (exact) mass is 364 g/mol. The Morgan fingerprint density at radius 2 is 1.59 bits per heavy atom. The lowest BCUT2D eigenvalue weighted by Gasteiger charge is -2.13. The summed E-state index contributed by atoms with van der Waals surface area (Å²) in [6.45, 7) is 2.46. The standard InChI is InChI=1S/C22H21FN2O2/c1-16(26)25-21-12-10-20(11-13-21)24-14-18-4-2-3-5-22(18)27-15-17-6-8-19(23)9-7-17/h2-13,24H,14-15H2,1H3,(H,25,26). The van der Waals surface area contributed by atoms with Crippen LogP contribution in [0.25, 0.3) is 0 Å². The van der Waals surface area contributed by atoms with Crippen molar-refractivity contribution in [3.8, 4) is 5.75 Å². The zero-order valence-electron chi connectivity index (χ0n) is 15.0. The lowest BCUT2D eigenvalue weighted by atomic mass is 10.2. The molecule has 0 radical (unpaired) electrons. The van der Waals surface area contributed by atoms with Crippen molar-refractivity contribution in [1.82, 2.24) is 0 Å². The number of benzene rings is 3. The van der Waals surface area contributed by atoms with E-state index in [2.05, 4.69) is 10.6 Å². The normalized spacial score (nSPS) is 10.3. The van der Waals surface area contributed by atoms with E-state index in [4.69, 9.17) is 4.74 Å². The largest absolute Gasteiger partial charge is 0.489 e. The highest BCUT2D eigenvalue weighted by Crippen LogP contribution is 2.21. The third kappa shape index (κ3) is 5.57. The Morgan fingerprint density at radius 1 is 0.926 bits per heavy atom. The van der Waals surface area contributed by atoms with Gasteiger partial charge in [-0.2, -0.15) is 0 Å². The van der Waals surface area contributed by atoms with Gasteiger partial charge in [-0.05, 0) is 48.0 Å². The third-order valence-corrected chi connectivity index (χ3v) is 3.97. The van der Waals surface area contributed by atoms with E-state index >= 15 is 0 Å². The Kier molecular flexibility index (Phi) is 6.05. The Balaban J connectivity index is 1.60. The van der Waals surface area contributed by atoms with Crippen molar-refractivity contribution in [3.05, 3.63) is 89.7 Å². The maximum absolute atomic E-state index is 13.0. The third-order valence-electron chi connectivity index (χ3n) is 3.97. The number of anilines is 2. The number of halogens is 1. The SMILES string of the molecule is CC(=O)Nc1ccc(NCc2ccccc2OCc2ccc(F)cc2)cc1. The van der Waals surface area contributed by atoms with Crippen LogP contribution in [0.2, 0.25) is 0 Å². The van der Waals surface area contributed by atoms with Crippen molar-refractivity contribution >= 4 is 17.3 Å². The number of nitrogens with one attached hydrogen (secondary N) is 2. The summed E-state index contributed by atoms with van der Waals surface area (Å²) in [7, 11) is 0. The van der Waals surface area contributed by atoms with Crippen LogP contribution in [-0.2, 0) is 17.9 Å². The lowest BCUT2D eigenvalue weighted by molar-refractivity contribution is -0.114. The Labute approximate surface area is 158 Å². The zero-order chi connectivity index (χ0) is 19.1. The summed E-state index contributed by atoms with van der Waals surface area (Å²) in [6, 6.07) is 21.6. The van der Waals surface area contributed by atoms with Crippen LogP contribution in [0.4, 0.5) is 15.8 Å². The van der Waals surface area contributed by atoms with Crippen molar-refractivity contribution in [2.75, 3.05) is 10.6 Å². The average molecular weight is 364 g/mol. The molecule has 3 aromatic rings. The molecule has 27 heavy (non-hydrogen) atoms. The molecule has 0 atom stereocenters. The van der Waals surface area contributed by atoms with Crippen LogP contribution in [-0.4, -0.2) is 5.91 Å². The summed E-state index contributed by atoms with van der Waals surface area (Å²) in [6.07, 6.45) is 0. The van der Waals surface area contributed by atoms with E-state index in [0.29, 0.717) is 13.2 Å². The Bertz CT molecular complexity index is 893. The molecule has 2 N–H and O–H groups in total. The summed E-state index contributed by atoms with van der Waals surface area (Å²) in [4.78, 5) is 11.1. The van der Waals surface area contributed by atoms with Gasteiger partial charge in [-0.3, -0.25) is 4.79 Å². The summed E-state index contributed by atoms with van der Waals surface area (Å²) in [5.41, 5.74) is 3.63. The van der Waals surface area contributed by atoms with Gasteiger partial charge in [0.1, 0.15) is 18.2 Å². The molecule has 0 saturated carbocycles. The summed E-state index contributed by atoms with van der Waals surface area (Å²) in [5, 5.41) is 6.09. The fraction of sp³-hybridized carbons (Fsp3) is 0.136. The van der Waals surface area contributed by atoms with Gasteiger partial charge < -0.3 is 15.4 Å². The minimum Gasteiger partial charge on any atom is -0.489 e. The molecule has 5 heteroatoms. The van der Waals surface area contributed by atoms with Crippen LogP contribution in [0.15, 0.2) is 72.8 Å². The first-order valence-electron chi connectivity index (χ1n) is 8.67. The van der Waals surface area contributed by atoms with Crippen LogP contribution in [0.1, 0.15) is 18.1 Å². The smallest absolute Gasteiger partial charge is 0.221 e. The van der Waals surface area contributed by atoms with Crippen molar-refractivity contribution < 1.29 is 13.9 Å². The van der Waals surface area contributed by atoms with Gasteiger partial charge in [0.25, 0.3) is 0 Å². The molecule has 0 fully saturated rings. The number of para-hydroxylation sites is 1. The minimum atomic E-state index is -0.257. The molecule has 138 valence electrons. The Morgan fingerprint density at radius 3 is 2.30 bits per heavy atom. The molecule has 0 aliphatic rings. The summed E-state index contributed by atoms with van der Waals surface area (Å²) >= 11 is 0. The van der Waals surface area contributed by atoms with Crippen LogP contribution < -0.4 is 15.4 Å². The van der Waals surface area contributed by atoms with E-state index in [9.17, 15) is 9.18 Å². The van der Waals surface area contributed by atoms with Crippen molar-refractivity contribution in [1.29, 1.82) is 0 Å². The van der Waals surface area contributed by atoms with Gasteiger partial charge in [0.2, 0.25) is 5.91 Å². The highest BCUT2D eigenvalue weighted by atomic mass is 19.1. The molecular weight excluding hydrogens is 343 g/mol. The summed E-state index contributed by atoms with van der Waals surface area (Å²) < 4.78 is 18.9. The van der Waals surface area contributed by atoms with Gasteiger partial charge in [-0.25, -0.2) is 4.39 Å². The van der Waals surface area contributed by atoms with Gasteiger partial charge in [-0.15, -0.1) is 0 Å². The predicted molar refractivity (Wildman–Crippen MR) is 105 cm³/mol. The fourth-order valence-corrected chi connectivity index (χ4v) is 2.60. The molecule has 1 amide bonds. The molecule has 0 aromatic heterocycles. The number of hydrogen-bond donors (Lipinski definition) is 2. The van der Waals surface area contributed by atoms with Crippen LogP contribution in [0, 0.1) is 5.82 Å². The second kappa shape index (κ2) is 8.85.